The van der Waals surface area contributed by atoms with Gasteiger partial charge < -0.3 is 19.9 Å². The summed E-state index contributed by atoms with van der Waals surface area (Å²) >= 11 is 0. The molecule has 1 saturated heterocycles. The molecule has 0 spiro atoms. The largest absolute Gasteiger partial charge is 0.383 e. The fraction of sp³-hybridized carbons (Fsp3) is 0.824. The lowest BCUT2D eigenvalue weighted by molar-refractivity contribution is 0.142. The van der Waals surface area contributed by atoms with Gasteiger partial charge in [-0.2, -0.15) is 0 Å². The standard InChI is InChI=1S/C17H33N7O.HI/c1-4-16-22-21-14-24(16)10-8-19-17(18-5-2)20-13-15-7-6-9-23(15)11-12-25-3;/h14-15H,4-13H2,1-3H3,(H2,18,19,20);1H. The summed E-state index contributed by atoms with van der Waals surface area (Å²) in [6.07, 6.45) is 5.15. The van der Waals surface area contributed by atoms with Crippen molar-refractivity contribution in [2.24, 2.45) is 4.99 Å². The first-order valence-electron chi connectivity index (χ1n) is 9.40. The normalized spacial score (nSPS) is 18.0. The first kappa shape index (κ1) is 23.1. The third kappa shape index (κ3) is 7.36. The van der Waals surface area contributed by atoms with Crippen molar-refractivity contribution < 1.29 is 4.74 Å². The summed E-state index contributed by atoms with van der Waals surface area (Å²) in [5, 5.41) is 14.8. The number of hydrogen-bond donors (Lipinski definition) is 2. The highest BCUT2D eigenvalue weighted by Gasteiger charge is 2.23. The van der Waals surface area contributed by atoms with Crippen LogP contribution in [-0.2, 0) is 17.7 Å². The van der Waals surface area contributed by atoms with Crippen molar-refractivity contribution in [3.63, 3.8) is 0 Å². The van der Waals surface area contributed by atoms with E-state index in [2.05, 4.69) is 44.1 Å². The van der Waals surface area contributed by atoms with Gasteiger partial charge in [0.15, 0.2) is 5.96 Å². The smallest absolute Gasteiger partial charge is 0.191 e. The van der Waals surface area contributed by atoms with Gasteiger partial charge in [-0.05, 0) is 26.3 Å². The van der Waals surface area contributed by atoms with Gasteiger partial charge in [-0.15, -0.1) is 34.2 Å². The number of likely N-dealkylation sites (tertiary alicyclic amines) is 1. The molecule has 1 unspecified atom stereocenters. The summed E-state index contributed by atoms with van der Waals surface area (Å²) in [4.78, 5) is 7.27. The van der Waals surface area contributed by atoms with E-state index in [1.165, 1.54) is 12.8 Å². The lowest BCUT2D eigenvalue weighted by Gasteiger charge is -2.23. The average Bonchev–Trinajstić information content (AvgIpc) is 3.26. The molecule has 0 radical (unpaired) electrons. The number of ether oxygens (including phenoxy) is 1. The zero-order valence-corrected chi connectivity index (χ0v) is 18.6. The maximum Gasteiger partial charge on any atom is 0.191 e. The van der Waals surface area contributed by atoms with Crippen LogP contribution in [0.2, 0.25) is 0 Å². The molecule has 1 fully saturated rings. The van der Waals surface area contributed by atoms with E-state index in [4.69, 9.17) is 9.73 Å². The van der Waals surface area contributed by atoms with E-state index < -0.39 is 0 Å². The second-order valence-electron chi connectivity index (χ2n) is 6.27. The summed E-state index contributed by atoms with van der Waals surface area (Å²) in [6, 6.07) is 0.523. The van der Waals surface area contributed by atoms with Crippen LogP contribution in [0.4, 0.5) is 0 Å². The highest BCUT2D eigenvalue weighted by molar-refractivity contribution is 14.0. The van der Waals surface area contributed by atoms with E-state index >= 15 is 0 Å². The molecule has 8 nitrogen and oxygen atoms in total. The van der Waals surface area contributed by atoms with Gasteiger partial charge in [0, 0.05) is 45.8 Å². The van der Waals surface area contributed by atoms with Crippen molar-refractivity contribution in [2.45, 2.75) is 45.7 Å². The van der Waals surface area contributed by atoms with E-state index in [9.17, 15) is 0 Å². The first-order valence-corrected chi connectivity index (χ1v) is 9.40. The van der Waals surface area contributed by atoms with Crippen molar-refractivity contribution >= 4 is 29.9 Å². The maximum absolute atomic E-state index is 5.21. The lowest BCUT2D eigenvalue weighted by atomic mass is 10.2. The Morgan fingerprint density at radius 2 is 2.19 bits per heavy atom. The van der Waals surface area contributed by atoms with Gasteiger partial charge in [0.1, 0.15) is 12.2 Å². The van der Waals surface area contributed by atoms with E-state index in [0.29, 0.717) is 6.04 Å². The predicted molar refractivity (Wildman–Crippen MR) is 115 cm³/mol. The second kappa shape index (κ2) is 13.3. The quantitative estimate of drug-likeness (QED) is 0.298. The molecule has 1 atom stereocenters. The van der Waals surface area contributed by atoms with Crippen LogP contribution in [0.1, 0.15) is 32.5 Å². The molecule has 1 aromatic rings. The molecule has 2 N–H and O–H groups in total. The summed E-state index contributed by atoms with van der Waals surface area (Å²) < 4.78 is 7.29. The number of nitrogens with one attached hydrogen (secondary N) is 2. The Morgan fingerprint density at radius 1 is 1.35 bits per heavy atom. The van der Waals surface area contributed by atoms with Crippen LogP contribution in [0.25, 0.3) is 0 Å². The summed E-state index contributed by atoms with van der Waals surface area (Å²) in [7, 11) is 1.76. The number of nitrogens with zero attached hydrogens (tertiary/aromatic N) is 5. The first-order chi connectivity index (χ1) is 12.3. The fourth-order valence-electron chi connectivity index (χ4n) is 3.18. The number of halogens is 1. The monoisotopic (exact) mass is 479 g/mol. The Hall–Kier alpha value is -0.940. The van der Waals surface area contributed by atoms with Gasteiger partial charge in [0.2, 0.25) is 0 Å². The molecule has 2 heterocycles. The summed E-state index contributed by atoms with van der Waals surface area (Å²) in [6.45, 7) is 10.4. The molecule has 0 aliphatic carbocycles. The van der Waals surface area contributed by atoms with Gasteiger partial charge in [0.05, 0.1) is 13.2 Å². The summed E-state index contributed by atoms with van der Waals surface area (Å²) in [5.41, 5.74) is 0. The van der Waals surface area contributed by atoms with Gasteiger partial charge in [0.25, 0.3) is 0 Å². The minimum atomic E-state index is 0. The minimum Gasteiger partial charge on any atom is -0.383 e. The highest BCUT2D eigenvalue weighted by atomic mass is 127. The molecule has 0 aromatic carbocycles. The SMILES string of the molecule is CCNC(=NCC1CCCN1CCOC)NCCn1cnnc1CC.I. The Labute approximate surface area is 174 Å². The highest BCUT2D eigenvalue weighted by Crippen LogP contribution is 2.16. The van der Waals surface area contributed by atoms with Crippen molar-refractivity contribution in [1.29, 1.82) is 0 Å². The van der Waals surface area contributed by atoms with Crippen LogP contribution < -0.4 is 10.6 Å². The molecule has 150 valence electrons. The molecular formula is C17H34IN7O. The molecule has 0 bridgehead atoms. The van der Waals surface area contributed by atoms with Crippen LogP contribution in [0.5, 0.6) is 0 Å². The molecule has 1 aliphatic rings. The van der Waals surface area contributed by atoms with Crippen LogP contribution in [0.3, 0.4) is 0 Å². The molecule has 9 heteroatoms. The number of hydrogen-bond acceptors (Lipinski definition) is 5. The van der Waals surface area contributed by atoms with Crippen molar-refractivity contribution in [3.05, 3.63) is 12.2 Å². The number of methoxy groups -OCH3 is 1. The average molecular weight is 479 g/mol. The second-order valence-corrected chi connectivity index (χ2v) is 6.27. The zero-order chi connectivity index (χ0) is 17.9. The number of guanidine groups is 1. The Morgan fingerprint density at radius 3 is 2.92 bits per heavy atom. The van der Waals surface area contributed by atoms with Crippen LogP contribution in [-0.4, -0.2) is 78.1 Å². The lowest BCUT2D eigenvalue weighted by Crippen LogP contribution is -2.40. The Kier molecular flexibility index (Phi) is 11.8. The number of aryl methyl sites for hydroxylation is 1. The predicted octanol–water partition coefficient (Wildman–Crippen LogP) is 1.12. The third-order valence-corrected chi connectivity index (χ3v) is 4.54. The molecule has 2 rings (SSSR count). The van der Waals surface area contributed by atoms with Gasteiger partial charge in [-0.3, -0.25) is 9.89 Å². The van der Waals surface area contributed by atoms with Crippen molar-refractivity contribution in [3.8, 4) is 0 Å². The number of aromatic nitrogens is 3. The minimum absolute atomic E-state index is 0. The van der Waals surface area contributed by atoms with E-state index in [0.717, 1.165) is 64.1 Å². The Bertz CT molecular complexity index is 523. The fourth-order valence-corrected chi connectivity index (χ4v) is 3.18. The topological polar surface area (TPSA) is 79.6 Å². The van der Waals surface area contributed by atoms with Crippen LogP contribution in [0, 0.1) is 0 Å². The summed E-state index contributed by atoms with van der Waals surface area (Å²) in [5.74, 6) is 1.90. The van der Waals surface area contributed by atoms with Crippen molar-refractivity contribution in [2.75, 3.05) is 46.4 Å². The van der Waals surface area contributed by atoms with Gasteiger partial charge >= 0.3 is 0 Å². The van der Waals surface area contributed by atoms with Gasteiger partial charge in [-0.25, -0.2) is 0 Å². The third-order valence-electron chi connectivity index (χ3n) is 4.54. The zero-order valence-electron chi connectivity index (χ0n) is 16.3. The van der Waals surface area contributed by atoms with Crippen LogP contribution >= 0.6 is 24.0 Å². The van der Waals surface area contributed by atoms with E-state index in [1.54, 1.807) is 13.4 Å². The van der Waals surface area contributed by atoms with Crippen molar-refractivity contribution in [1.82, 2.24) is 30.3 Å². The number of rotatable bonds is 10. The van der Waals surface area contributed by atoms with Crippen LogP contribution in [0.15, 0.2) is 11.3 Å². The molecule has 0 amide bonds. The molecule has 0 saturated carbocycles. The van der Waals surface area contributed by atoms with E-state index in [-0.39, 0.29) is 24.0 Å². The molecule has 1 aromatic heterocycles. The molecule has 26 heavy (non-hydrogen) atoms. The number of aliphatic imine (C=N–C) groups is 1. The Balaban J connectivity index is 0.00000338. The molecular weight excluding hydrogens is 445 g/mol. The molecule has 1 aliphatic heterocycles. The van der Waals surface area contributed by atoms with Gasteiger partial charge in [-0.1, -0.05) is 6.92 Å². The van der Waals surface area contributed by atoms with E-state index in [1.807, 2.05) is 0 Å². The maximum atomic E-state index is 5.21.